The van der Waals surface area contributed by atoms with Gasteiger partial charge in [0.15, 0.2) is 0 Å². The molecule has 0 fully saturated rings. The van der Waals surface area contributed by atoms with Gasteiger partial charge in [0.25, 0.3) is 0 Å². The first kappa shape index (κ1) is 35.1. The lowest BCUT2D eigenvalue weighted by Crippen LogP contribution is -2.28. The molecular formula is C64H66N4O. The highest BCUT2D eigenvalue weighted by atomic mass is 16.5. The van der Waals surface area contributed by atoms with E-state index in [0.29, 0.717) is 45.1 Å². The molecule has 0 atom stereocenters. The predicted octanol–water partition coefficient (Wildman–Crippen LogP) is 17.7. The average Bonchev–Trinajstić information content (AvgIpc) is 4.17. The molecule has 1 aliphatic heterocycles. The van der Waals surface area contributed by atoms with E-state index in [2.05, 4.69) is 99.5 Å². The van der Waals surface area contributed by atoms with E-state index >= 15 is 0 Å². The minimum absolute atomic E-state index is 0.0601. The topological polar surface area (TPSA) is 33.5 Å². The molecule has 0 amide bonds. The van der Waals surface area contributed by atoms with Gasteiger partial charge in [0.1, 0.15) is 24.0 Å². The smallest absolute Gasteiger partial charge is 0.137 e. The Morgan fingerprint density at radius 1 is 0.493 bits per heavy atom. The van der Waals surface area contributed by atoms with Crippen LogP contribution >= 0.6 is 0 Å². The number of fused-ring (bicyclic) bond motifs is 4. The van der Waals surface area contributed by atoms with Crippen LogP contribution in [0.1, 0.15) is 119 Å². The Balaban J connectivity index is 1.23. The Kier molecular flexibility index (Phi) is 8.56. The van der Waals surface area contributed by atoms with Crippen LogP contribution in [0.25, 0.3) is 49.9 Å². The maximum Gasteiger partial charge on any atom is 0.137 e. The molecule has 5 nitrogen and oxygen atoms in total. The van der Waals surface area contributed by atoms with E-state index in [9.17, 15) is 5.48 Å². The van der Waals surface area contributed by atoms with Gasteiger partial charge in [-0.1, -0.05) is 180 Å². The zero-order valence-electron chi connectivity index (χ0n) is 51.8. The fourth-order valence-corrected chi connectivity index (χ4v) is 9.64. The van der Waals surface area contributed by atoms with E-state index in [-0.39, 0.29) is 28.6 Å². The largest absolute Gasteiger partial charge is 0.457 e. The highest BCUT2D eigenvalue weighted by Crippen LogP contribution is 2.55. The van der Waals surface area contributed by atoms with Crippen molar-refractivity contribution in [3.05, 3.63) is 192 Å². The van der Waals surface area contributed by atoms with Crippen molar-refractivity contribution >= 4 is 44.6 Å². The van der Waals surface area contributed by atoms with Gasteiger partial charge in [-0.3, -0.25) is 4.57 Å². The molecule has 0 N–H and O–H groups in total. The summed E-state index contributed by atoms with van der Waals surface area (Å²) in [5.41, 5.74) is 6.53. The summed E-state index contributed by atoms with van der Waals surface area (Å²) >= 11 is 0. The number of benzene rings is 7. The van der Waals surface area contributed by atoms with E-state index < -0.39 is 71.3 Å². The maximum absolute atomic E-state index is 9.57. The van der Waals surface area contributed by atoms with Crippen LogP contribution < -0.4 is 14.5 Å². The van der Waals surface area contributed by atoms with Crippen LogP contribution in [0.3, 0.4) is 0 Å². The molecule has 2 aromatic heterocycles. The quantitative estimate of drug-likeness (QED) is 0.159. The summed E-state index contributed by atoms with van der Waals surface area (Å²) in [4.78, 5) is 9.06. The monoisotopic (exact) mass is 917 g/mol. The summed E-state index contributed by atoms with van der Waals surface area (Å²) in [6, 6.07) is 29.8. The molecule has 69 heavy (non-hydrogen) atoms. The van der Waals surface area contributed by atoms with Crippen molar-refractivity contribution in [1.29, 1.82) is 0 Å². The van der Waals surface area contributed by atoms with Crippen molar-refractivity contribution in [2.45, 2.75) is 105 Å². The third-order valence-electron chi connectivity index (χ3n) is 13.2. The highest BCUT2D eigenvalue weighted by Gasteiger charge is 2.37. The zero-order chi connectivity index (χ0) is 57.3. The van der Waals surface area contributed by atoms with E-state index in [1.165, 1.54) is 0 Å². The van der Waals surface area contributed by atoms with Crippen molar-refractivity contribution in [2.75, 3.05) is 16.5 Å². The van der Waals surface area contributed by atoms with Crippen LogP contribution in [0, 0.1) is 0 Å². The fraction of sp³-hybridized carbons (Fsp3) is 0.266. The molecule has 3 heterocycles. The van der Waals surface area contributed by atoms with Gasteiger partial charge in [-0.2, -0.15) is 0 Å². The van der Waals surface area contributed by atoms with Gasteiger partial charge < -0.3 is 14.5 Å². The molecule has 348 valence electrons. The van der Waals surface area contributed by atoms with Gasteiger partial charge in [-0.05, 0) is 110 Å². The molecule has 0 bridgehead atoms. The second-order valence-corrected chi connectivity index (χ2v) is 22.3. The van der Waals surface area contributed by atoms with Crippen LogP contribution in [0.15, 0.2) is 170 Å². The summed E-state index contributed by atoms with van der Waals surface area (Å²) in [6.07, 6.45) is 1.87. The molecule has 0 spiro atoms. The van der Waals surface area contributed by atoms with Crippen LogP contribution in [0.4, 0.5) is 22.7 Å². The van der Waals surface area contributed by atoms with Crippen molar-refractivity contribution in [3.63, 3.8) is 0 Å². The second-order valence-electron chi connectivity index (χ2n) is 22.3. The Labute approximate surface area is 424 Å². The summed E-state index contributed by atoms with van der Waals surface area (Å²) < 4.78 is 101. The summed E-state index contributed by atoms with van der Waals surface area (Å²) in [6.45, 7) is 25.1. The Bertz CT molecular complexity index is 3820. The van der Waals surface area contributed by atoms with Crippen LogP contribution in [-0.2, 0) is 21.7 Å². The van der Waals surface area contributed by atoms with Crippen LogP contribution in [0.5, 0.6) is 11.5 Å². The number of pyridine rings is 1. The maximum atomic E-state index is 9.57. The van der Waals surface area contributed by atoms with Gasteiger partial charge in [0.2, 0.25) is 0 Å². The lowest BCUT2D eigenvalue weighted by Gasteiger charge is -2.36. The molecule has 1 aliphatic rings. The summed E-state index contributed by atoms with van der Waals surface area (Å²) in [5, 5.41) is 2.15. The minimum atomic E-state index is -0.734. The third-order valence-corrected chi connectivity index (χ3v) is 13.2. The average molecular weight is 917 g/mol. The number of aromatic nitrogens is 2. The van der Waals surface area contributed by atoms with Gasteiger partial charge in [0, 0.05) is 45.9 Å². The van der Waals surface area contributed by atoms with E-state index in [1.54, 1.807) is 0 Å². The van der Waals surface area contributed by atoms with Gasteiger partial charge in [-0.25, -0.2) is 4.98 Å². The summed E-state index contributed by atoms with van der Waals surface area (Å²) in [7, 11) is 0. The number of anilines is 4. The summed E-state index contributed by atoms with van der Waals surface area (Å²) in [5.74, 6) is 2.00. The zero-order valence-corrected chi connectivity index (χ0v) is 41.8. The van der Waals surface area contributed by atoms with Crippen LogP contribution in [0.2, 0.25) is 0 Å². The Morgan fingerprint density at radius 2 is 1.06 bits per heavy atom. The van der Waals surface area contributed by atoms with Crippen molar-refractivity contribution in [2.24, 2.45) is 0 Å². The first-order chi connectivity index (χ1) is 36.9. The number of ether oxygens (including phenoxy) is 1. The SMILES string of the molecule is [2H]c1c([2H])c([2H])c(-c2c(C(C)(C)C)cc(C(C)(C)C)c(-c3c([2H])c([2H])c([2H])c([2H])c3[2H])c2N2CN(c3cc(Oc4ccc5c6ccccc6n(-c6cc(C(C)(C)C)ccn6)c5c4)cc(C(C)(C)C)c3)c3ccccc32)c([2H])c1[2H]. The molecule has 0 unspecified atom stereocenters. The van der Waals surface area contributed by atoms with Crippen LogP contribution in [-0.4, -0.2) is 16.2 Å². The molecular weight excluding hydrogens is 841 g/mol. The Morgan fingerprint density at radius 3 is 1.65 bits per heavy atom. The van der Waals surface area contributed by atoms with Gasteiger partial charge in [0.05, 0.1) is 41.8 Å². The minimum Gasteiger partial charge on any atom is -0.457 e. The first-order valence-corrected chi connectivity index (χ1v) is 23.7. The molecule has 0 radical (unpaired) electrons. The fourth-order valence-electron chi connectivity index (χ4n) is 9.64. The van der Waals surface area contributed by atoms with E-state index in [1.807, 2.05) is 107 Å². The first-order valence-electron chi connectivity index (χ1n) is 28.7. The molecule has 7 aromatic carbocycles. The molecule has 5 heteroatoms. The van der Waals surface area contributed by atoms with Gasteiger partial charge >= 0.3 is 0 Å². The normalized spacial score (nSPS) is 15.4. The number of hydrogen-bond acceptors (Lipinski definition) is 4. The van der Waals surface area contributed by atoms with Gasteiger partial charge in [-0.15, -0.1) is 0 Å². The molecule has 0 saturated heterocycles. The van der Waals surface area contributed by atoms with Crippen molar-refractivity contribution in [3.8, 4) is 39.6 Å². The third kappa shape index (κ3) is 8.47. The number of hydrogen-bond donors (Lipinski definition) is 0. The van der Waals surface area contributed by atoms with E-state index in [4.69, 9.17) is 17.9 Å². The standard InChI is InChI=1S/C64H66N4O/c1-61(2,3)44-33-34-65-57(37-44)68-53-28-20-19-27-49(53)50-32-31-47(39-56(50)68)69-48-36-45(62(4,5)6)35-46(38-48)66-41-67(55-30-22-21-29-54(55)66)60-58(42-23-15-13-16-24-42)51(63(7,8)9)40-52(64(10,11)12)59(60)43-25-17-14-18-26-43/h13-40H,41H2,1-12H3/i13D,14D,15D,16D,17D,18D,23D,24D,25D,26D. The number of para-hydroxylation sites is 3. The lowest BCUT2D eigenvalue weighted by molar-refractivity contribution is 0.479. The molecule has 10 rings (SSSR count). The number of rotatable bonds is 7. The van der Waals surface area contributed by atoms with E-state index in [0.717, 1.165) is 50.1 Å². The number of nitrogens with zero attached hydrogens (tertiary/aromatic N) is 4. The highest BCUT2D eigenvalue weighted by molar-refractivity contribution is 6.09. The Hall–Kier alpha value is -7.11. The molecule has 9 aromatic rings. The lowest BCUT2D eigenvalue weighted by atomic mass is 9.73. The predicted molar refractivity (Wildman–Crippen MR) is 293 cm³/mol. The van der Waals surface area contributed by atoms with Crippen molar-refractivity contribution < 1.29 is 18.4 Å². The van der Waals surface area contributed by atoms with Crippen molar-refractivity contribution in [1.82, 2.24) is 9.55 Å². The molecule has 0 aliphatic carbocycles. The second kappa shape index (κ2) is 16.8. The molecule has 0 saturated carbocycles.